The van der Waals surface area contributed by atoms with E-state index in [2.05, 4.69) is 5.32 Å². The predicted octanol–water partition coefficient (Wildman–Crippen LogP) is 2.44. The lowest BCUT2D eigenvalue weighted by Gasteiger charge is -2.23. The number of carboxylic acid groups (broad SMARTS) is 1. The lowest BCUT2D eigenvalue weighted by molar-refractivity contribution is -0.138. The number of benzene rings is 1. The summed E-state index contributed by atoms with van der Waals surface area (Å²) in [6, 6.07) is 9.19. The lowest BCUT2D eigenvalue weighted by atomic mass is 9.99. The van der Waals surface area contributed by atoms with Gasteiger partial charge < -0.3 is 15.3 Å². The monoisotopic (exact) mass is 290 g/mol. The van der Waals surface area contributed by atoms with Gasteiger partial charge in [-0.05, 0) is 24.8 Å². The molecule has 1 fully saturated rings. The lowest BCUT2D eigenvalue weighted by Crippen LogP contribution is -2.44. The molecule has 1 aromatic rings. The first-order chi connectivity index (χ1) is 10.1. The highest BCUT2D eigenvalue weighted by molar-refractivity contribution is 5.79. The van der Waals surface area contributed by atoms with E-state index >= 15 is 0 Å². The van der Waals surface area contributed by atoms with Gasteiger partial charge in [0.1, 0.15) is 0 Å². The van der Waals surface area contributed by atoms with E-state index in [4.69, 9.17) is 0 Å². The topological polar surface area (TPSA) is 69.6 Å². The Balaban J connectivity index is 1.95. The third-order valence-corrected chi connectivity index (χ3v) is 3.67. The van der Waals surface area contributed by atoms with Crippen LogP contribution in [0.15, 0.2) is 30.3 Å². The smallest absolute Gasteiger partial charge is 0.317 e. The third-order valence-electron chi connectivity index (χ3n) is 3.67. The molecule has 0 saturated heterocycles. The Hall–Kier alpha value is -2.04. The second kappa shape index (κ2) is 7.11. The van der Waals surface area contributed by atoms with Crippen molar-refractivity contribution in [2.24, 2.45) is 0 Å². The van der Waals surface area contributed by atoms with Gasteiger partial charge in [-0.2, -0.15) is 0 Å². The predicted molar refractivity (Wildman–Crippen MR) is 80.2 cm³/mol. The van der Waals surface area contributed by atoms with Gasteiger partial charge in [-0.15, -0.1) is 0 Å². The molecule has 2 amide bonds. The number of carbonyl (C=O) groups excluding carboxylic acids is 1. The molecule has 2 N–H and O–H groups in total. The van der Waals surface area contributed by atoms with Crippen molar-refractivity contribution in [3.63, 3.8) is 0 Å². The number of amides is 2. The van der Waals surface area contributed by atoms with Crippen molar-refractivity contribution in [3.8, 4) is 0 Å². The van der Waals surface area contributed by atoms with Crippen LogP contribution in [0.5, 0.6) is 0 Å². The van der Waals surface area contributed by atoms with Crippen LogP contribution in [-0.4, -0.2) is 41.1 Å². The van der Waals surface area contributed by atoms with Crippen molar-refractivity contribution in [3.05, 3.63) is 35.9 Å². The fourth-order valence-corrected chi connectivity index (χ4v) is 2.40. The highest BCUT2D eigenvalue weighted by atomic mass is 16.4. The summed E-state index contributed by atoms with van der Waals surface area (Å²) in [5, 5.41) is 12.1. The van der Waals surface area contributed by atoms with Crippen LogP contribution in [0.25, 0.3) is 0 Å². The summed E-state index contributed by atoms with van der Waals surface area (Å²) in [7, 11) is 0. The van der Waals surface area contributed by atoms with Crippen molar-refractivity contribution >= 4 is 12.0 Å². The van der Waals surface area contributed by atoms with E-state index in [1.54, 1.807) is 24.3 Å². The maximum absolute atomic E-state index is 12.2. The molecule has 0 heterocycles. The highest BCUT2D eigenvalue weighted by Crippen LogP contribution is 2.27. The number of carboxylic acids is 1. The van der Waals surface area contributed by atoms with Crippen LogP contribution in [0.2, 0.25) is 0 Å². The van der Waals surface area contributed by atoms with E-state index in [9.17, 15) is 14.7 Å². The average molecular weight is 290 g/mol. The van der Waals surface area contributed by atoms with Gasteiger partial charge in [-0.3, -0.25) is 4.79 Å². The summed E-state index contributed by atoms with van der Waals surface area (Å²) < 4.78 is 0. The first-order valence-corrected chi connectivity index (χ1v) is 7.45. The Labute approximate surface area is 125 Å². The summed E-state index contributed by atoms with van der Waals surface area (Å²) in [5.41, 5.74) is 0.707. The maximum Gasteiger partial charge on any atom is 0.317 e. The molecule has 1 unspecified atom stereocenters. The van der Waals surface area contributed by atoms with Crippen LogP contribution in [0, 0.1) is 0 Å². The molecular weight excluding hydrogens is 268 g/mol. The SMILES string of the molecule is CCCN(C(=O)NCC(C(=O)O)c1ccccc1)C1CC1. The van der Waals surface area contributed by atoms with E-state index in [-0.39, 0.29) is 12.6 Å². The minimum atomic E-state index is -0.921. The summed E-state index contributed by atoms with van der Waals surface area (Å²) in [6.45, 7) is 2.87. The highest BCUT2D eigenvalue weighted by Gasteiger charge is 2.32. The number of nitrogens with one attached hydrogen (secondary N) is 1. The standard InChI is InChI=1S/C16H22N2O3/c1-2-10-18(13-8-9-13)16(21)17-11-14(15(19)20)12-6-4-3-5-7-12/h3-7,13-14H,2,8-11H2,1H3,(H,17,21)(H,19,20). The molecule has 114 valence electrons. The van der Waals surface area contributed by atoms with Gasteiger partial charge in [0.15, 0.2) is 0 Å². The van der Waals surface area contributed by atoms with Crippen molar-refractivity contribution in [2.75, 3.05) is 13.1 Å². The molecule has 1 atom stereocenters. The number of aliphatic carboxylic acids is 1. The zero-order chi connectivity index (χ0) is 15.2. The average Bonchev–Trinajstić information content (AvgIpc) is 3.30. The first-order valence-electron chi connectivity index (χ1n) is 7.45. The van der Waals surface area contributed by atoms with Crippen molar-refractivity contribution in [2.45, 2.75) is 38.1 Å². The van der Waals surface area contributed by atoms with Crippen molar-refractivity contribution < 1.29 is 14.7 Å². The molecule has 0 radical (unpaired) electrons. The van der Waals surface area contributed by atoms with Crippen LogP contribution < -0.4 is 5.32 Å². The van der Waals surface area contributed by atoms with E-state index in [0.717, 1.165) is 25.8 Å². The molecule has 0 spiro atoms. The second-order valence-corrected chi connectivity index (χ2v) is 5.41. The Bertz CT molecular complexity index is 486. The largest absolute Gasteiger partial charge is 0.481 e. The summed E-state index contributed by atoms with van der Waals surface area (Å²) in [4.78, 5) is 25.4. The van der Waals surface area contributed by atoms with Gasteiger partial charge in [-0.25, -0.2) is 4.79 Å². The number of urea groups is 1. The molecular formula is C16H22N2O3. The van der Waals surface area contributed by atoms with Crippen molar-refractivity contribution in [1.82, 2.24) is 10.2 Å². The van der Waals surface area contributed by atoms with Gasteiger partial charge in [0.05, 0.1) is 5.92 Å². The fourth-order valence-electron chi connectivity index (χ4n) is 2.40. The van der Waals surface area contributed by atoms with Gasteiger partial charge >= 0.3 is 12.0 Å². The van der Waals surface area contributed by atoms with Gasteiger partial charge in [0.2, 0.25) is 0 Å². The third kappa shape index (κ3) is 4.21. The molecule has 1 aliphatic carbocycles. The zero-order valence-corrected chi connectivity index (χ0v) is 12.3. The molecule has 21 heavy (non-hydrogen) atoms. The van der Waals surface area contributed by atoms with Crippen LogP contribution in [0.4, 0.5) is 4.79 Å². The van der Waals surface area contributed by atoms with Crippen LogP contribution in [-0.2, 0) is 4.79 Å². The summed E-state index contributed by atoms with van der Waals surface area (Å²) >= 11 is 0. The number of carbonyl (C=O) groups is 2. The Morgan fingerprint density at radius 2 is 2.00 bits per heavy atom. The van der Waals surface area contributed by atoms with Crippen LogP contribution in [0.1, 0.15) is 37.7 Å². The molecule has 0 aromatic heterocycles. The first kappa shape index (κ1) is 15.4. The fraction of sp³-hybridized carbons (Fsp3) is 0.500. The molecule has 1 saturated carbocycles. The molecule has 1 aromatic carbocycles. The number of hydrogen-bond donors (Lipinski definition) is 2. The molecule has 1 aliphatic rings. The van der Waals surface area contributed by atoms with Gasteiger partial charge in [0, 0.05) is 19.1 Å². The van der Waals surface area contributed by atoms with E-state index < -0.39 is 11.9 Å². The van der Waals surface area contributed by atoms with E-state index in [0.29, 0.717) is 11.6 Å². The van der Waals surface area contributed by atoms with Gasteiger partial charge in [0.25, 0.3) is 0 Å². The normalized spacial score (nSPS) is 15.3. The molecule has 5 heteroatoms. The number of hydrogen-bond acceptors (Lipinski definition) is 2. The van der Waals surface area contributed by atoms with Crippen LogP contribution >= 0.6 is 0 Å². The minimum absolute atomic E-state index is 0.116. The molecule has 0 aliphatic heterocycles. The van der Waals surface area contributed by atoms with Crippen LogP contribution in [0.3, 0.4) is 0 Å². The number of rotatable bonds is 7. The summed E-state index contributed by atoms with van der Waals surface area (Å²) in [5.74, 6) is -1.63. The Morgan fingerprint density at radius 1 is 1.33 bits per heavy atom. The molecule has 0 bridgehead atoms. The second-order valence-electron chi connectivity index (χ2n) is 5.41. The summed E-state index contributed by atoms with van der Waals surface area (Å²) in [6.07, 6.45) is 3.01. The molecule has 2 rings (SSSR count). The Kier molecular flexibility index (Phi) is 5.20. The molecule has 5 nitrogen and oxygen atoms in total. The maximum atomic E-state index is 12.2. The van der Waals surface area contributed by atoms with E-state index in [1.807, 2.05) is 17.9 Å². The Morgan fingerprint density at radius 3 is 2.52 bits per heavy atom. The number of nitrogens with zero attached hydrogens (tertiary/aromatic N) is 1. The quantitative estimate of drug-likeness (QED) is 0.810. The van der Waals surface area contributed by atoms with Gasteiger partial charge in [-0.1, -0.05) is 37.3 Å². The minimum Gasteiger partial charge on any atom is -0.481 e. The van der Waals surface area contributed by atoms with Crippen molar-refractivity contribution in [1.29, 1.82) is 0 Å². The van der Waals surface area contributed by atoms with E-state index in [1.165, 1.54) is 0 Å². The zero-order valence-electron chi connectivity index (χ0n) is 12.3.